The number of hydrogen-bond donors (Lipinski definition) is 0. The number of benzene rings is 1. The first-order valence-corrected chi connectivity index (χ1v) is 5.86. The van der Waals surface area contributed by atoms with Crippen LogP contribution in [-0.2, 0) is 0 Å². The first-order chi connectivity index (χ1) is 8.11. The van der Waals surface area contributed by atoms with Gasteiger partial charge in [0.1, 0.15) is 11.5 Å². The molecule has 0 saturated carbocycles. The van der Waals surface area contributed by atoms with Gasteiger partial charge in [0.15, 0.2) is 5.76 Å². The number of ether oxygens (including phenoxy) is 1. The fourth-order valence-electron chi connectivity index (χ4n) is 1.55. The molecule has 2 rings (SSSR count). The summed E-state index contributed by atoms with van der Waals surface area (Å²) in [5, 5.41) is 0. The van der Waals surface area contributed by atoms with Gasteiger partial charge in [-0.15, -0.1) is 0 Å². The second kappa shape index (κ2) is 4.75. The molecule has 0 atom stereocenters. The van der Waals surface area contributed by atoms with E-state index in [0.717, 1.165) is 4.47 Å². The third-order valence-electron chi connectivity index (χ3n) is 2.37. The molecule has 0 spiro atoms. The molecule has 0 unspecified atom stereocenters. The molecule has 2 aromatic rings. The van der Waals surface area contributed by atoms with Crippen molar-refractivity contribution in [2.24, 2.45) is 0 Å². The summed E-state index contributed by atoms with van der Waals surface area (Å²) < 4.78 is 11.3. The molecule has 88 valence electrons. The zero-order chi connectivity index (χ0) is 12.4. The molecule has 0 saturated heterocycles. The topological polar surface area (TPSA) is 39.4 Å². The van der Waals surface area contributed by atoms with Crippen LogP contribution in [0.2, 0.25) is 0 Å². The fourth-order valence-corrected chi connectivity index (χ4v) is 1.91. The fraction of sp³-hybridized carbons (Fsp3) is 0.154. The minimum Gasteiger partial charge on any atom is -0.496 e. The number of carbonyl (C=O) groups excluding carboxylic acids is 1. The van der Waals surface area contributed by atoms with Gasteiger partial charge in [0.05, 0.1) is 12.7 Å². The van der Waals surface area contributed by atoms with Crippen molar-refractivity contribution in [1.82, 2.24) is 0 Å². The molecule has 0 fully saturated rings. The molecular formula is C13H11BrO3. The lowest BCUT2D eigenvalue weighted by Crippen LogP contribution is -2.02. The van der Waals surface area contributed by atoms with Crippen molar-refractivity contribution in [2.75, 3.05) is 7.11 Å². The van der Waals surface area contributed by atoms with Crippen LogP contribution in [0.25, 0.3) is 0 Å². The van der Waals surface area contributed by atoms with Crippen molar-refractivity contribution >= 4 is 21.7 Å². The Labute approximate surface area is 108 Å². The number of hydrogen-bond acceptors (Lipinski definition) is 3. The summed E-state index contributed by atoms with van der Waals surface area (Å²) in [4.78, 5) is 12.2. The van der Waals surface area contributed by atoms with Crippen molar-refractivity contribution in [1.29, 1.82) is 0 Å². The van der Waals surface area contributed by atoms with Crippen LogP contribution in [0.3, 0.4) is 0 Å². The largest absolute Gasteiger partial charge is 0.496 e. The van der Waals surface area contributed by atoms with Gasteiger partial charge in [-0.05, 0) is 37.3 Å². The lowest BCUT2D eigenvalue weighted by atomic mass is 10.1. The standard InChI is InChI=1S/C13H11BrO3/c1-8-3-5-12(17-8)13(15)10-7-9(14)4-6-11(10)16-2/h3-7H,1-2H3. The van der Waals surface area contributed by atoms with Gasteiger partial charge in [-0.3, -0.25) is 4.79 Å². The molecule has 0 radical (unpaired) electrons. The summed E-state index contributed by atoms with van der Waals surface area (Å²) in [7, 11) is 1.54. The molecule has 3 nitrogen and oxygen atoms in total. The number of halogens is 1. The zero-order valence-corrected chi connectivity index (χ0v) is 11.1. The van der Waals surface area contributed by atoms with Gasteiger partial charge < -0.3 is 9.15 Å². The molecule has 1 aromatic heterocycles. The highest BCUT2D eigenvalue weighted by Crippen LogP contribution is 2.26. The van der Waals surface area contributed by atoms with Crippen LogP contribution in [0.5, 0.6) is 5.75 Å². The van der Waals surface area contributed by atoms with E-state index in [4.69, 9.17) is 9.15 Å². The van der Waals surface area contributed by atoms with Gasteiger partial charge in [-0.1, -0.05) is 15.9 Å². The van der Waals surface area contributed by atoms with Gasteiger partial charge >= 0.3 is 0 Å². The van der Waals surface area contributed by atoms with E-state index in [1.807, 2.05) is 6.07 Å². The number of rotatable bonds is 3. The van der Waals surface area contributed by atoms with E-state index in [1.165, 1.54) is 7.11 Å². The molecular weight excluding hydrogens is 284 g/mol. The van der Waals surface area contributed by atoms with Crippen LogP contribution < -0.4 is 4.74 Å². The number of carbonyl (C=O) groups is 1. The molecule has 1 heterocycles. The van der Waals surface area contributed by atoms with Gasteiger partial charge in [-0.25, -0.2) is 0 Å². The predicted molar refractivity (Wildman–Crippen MR) is 67.6 cm³/mol. The van der Waals surface area contributed by atoms with Crippen molar-refractivity contribution in [3.05, 3.63) is 51.9 Å². The normalized spacial score (nSPS) is 10.3. The summed E-state index contributed by atoms with van der Waals surface area (Å²) in [6, 6.07) is 8.71. The summed E-state index contributed by atoms with van der Waals surface area (Å²) in [5.74, 6) is 1.38. The first-order valence-electron chi connectivity index (χ1n) is 5.06. The maximum Gasteiger partial charge on any atom is 0.231 e. The second-order valence-electron chi connectivity index (χ2n) is 3.58. The zero-order valence-electron chi connectivity index (χ0n) is 9.49. The minimum atomic E-state index is -0.184. The molecule has 1 aromatic carbocycles. The van der Waals surface area contributed by atoms with Gasteiger partial charge in [0, 0.05) is 4.47 Å². The molecule has 0 aliphatic heterocycles. The molecule has 4 heteroatoms. The monoisotopic (exact) mass is 294 g/mol. The average Bonchev–Trinajstić information content (AvgIpc) is 2.75. The van der Waals surface area contributed by atoms with Crippen LogP contribution >= 0.6 is 15.9 Å². The number of ketones is 1. The maximum atomic E-state index is 12.2. The van der Waals surface area contributed by atoms with Crippen LogP contribution in [0, 0.1) is 6.92 Å². The summed E-state index contributed by atoms with van der Waals surface area (Å²) in [6.07, 6.45) is 0. The minimum absolute atomic E-state index is 0.184. The Hall–Kier alpha value is -1.55. The van der Waals surface area contributed by atoms with Crippen molar-refractivity contribution in [3.63, 3.8) is 0 Å². The summed E-state index contributed by atoms with van der Waals surface area (Å²) >= 11 is 3.33. The quantitative estimate of drug-likeness (QED) is 0.812. The number of aryl methyl sites for hydroxylation is 1. The van der Waals surface area contributed by atoms with E-state index in [9.17, 15) is 4.79 Å². The Morgan fingerprint density at radius 2 is 2.06 bits per heavy atom. The lowest BCUT2D eigenvalue weighted by Gasteiger charge is -2.06. The Morgan fingerprint density at radius 1 is 1.29 bits per heavy atom. The lowest BCUT2D eigenvalue weighted by molar-refractivity contribution is 0.100. The van der Waals surface area contributed by atoms with Crippen LogP contribution in [-0.4, -0.2) is 12.9 Å². The molecule has 0 amide bonds. The highest BCUT2D eigenvalue weighted by Gasteiger charge is 2.17. The van der Waals surface area contributed by atoms with Crippen LogP contribution in [0.1, 0.15) is 21.9 Å². The van der Waals surface area contributed by atoms with Crippen molar-refractivity contribution < 1.29 is 13.9 Å². The van der Waals surface area contributed by atoms with Crippen LogP contribution in [0.4, 0.5) is 0 Å². The Morgan fingerprint density at radius 3 is 2.65 bits per heavy atom. The van der Waals surface area contributed by atoms with Gasteiger partial charge in [0.25, 0.3) is 0 Å². The van der Waals surface area contributed by atoms with E-state index in [2.05, 4.69) is 15.9 Å². The second-order valence-corrected chi connectivity index (χ2v) is 4.50. The molecule has 0 aliphatic carbocycles. The maximum absolute atomic E-state index is 12.2. The third-order valence-corrected chi connectivity index (χ3v) is 2.86. The van der Waals surface area contributed by atoms with Gasteiger partial charge in [0.2, 0.25) is 5.78 Å². The first kappa shape index (κ1) is 11.9. The van der Waals surface area contributed by atoms with Crippen LogP contribution in [0.15, 0.2) is 39.2 Å². The van der Waals surface area contributed by atoms with E-state index < -0.39 is 0 Å². The molecule has 0 aliphatic rings. The highest BCUT2D eigenvalue weighted by atomic mass is 79.9. The highest BCUT2D eigenvalue weighted by molar-refractivity contribution is 9.10. The van der Waals surface area contributed by atoms with E-state index in [1.54, 1.807) is 31.2 Å². The smallest absolute Gasteiger partial charge is 0.231 e. The molecule has 0 bridgehead atoms. The van der Waals surface area contributed by atoms with Crippen molar-refractivity contribution in [3.8, 4) is 5.75 Å². The summed E-state index contributed by atoms with van der Waals surface area (Å²) in [6.45, 7) is 1.80. The van der Waals surface area contributed by atoms with E-state index >= 15 is 0 Å². The third kappa shape index (κ3) is 2.42. The summed E-state index contributed by atoms with van der Waals surface area (Å²) in [5.41, 5.74) is 0.483. The Balaban J connectivity index is 2.46. The SMILES string of the molecule is COc1ccc(Br)cc1C(=O)c1ccc(C)o1. The van der Waals surface area contributed by atoms with Crippen molar-refractivity contribution in [2.45, 2.75) is 6.92 Å². The number of methoxy groups -OCH3 is 1. The Kier molecular flexibility index (Phi) is 3.33. The van der Waals surface area contributed by atoms with Gasteiger partial charge in [-0.2, -0.15) is 0 Å². The van der Waals surface area contributed by atoms with E-state index in [-0.39, 0.29) is 5.78 Å². The Bertz CT molecular complexity index is 558. The predicted octanol–water partition coefficient (Wildman–Crippen LogP) is 3.59. The van der Waals surface area contributed by atoms with E-state index in [0.29, 0.717) is 22.8 Å². The number of furan rings is 1. The molecule has 0 N–H and O–H groups in total. The average molecular weight is 295 g/mol. The molecule has 17 heavy (non-hydrogen) atoms.